The van der Waals surface area contributed by atoms with Gasteiger partial charge in [0.1, 0.15) is 18.2 Å². The SMILES string of the molecule is [2H]c1c([2H])c([2H])c(-c2cccc(C([2H])([2H])[2H])c2CCCN2CN(c3cccc(COc4ccc5c6cc(-c7ccccc7)ccc6n(-c6cc(CC(C)C)c(-c7ccccc7)cn6)c5c4)c3)c3ccccc32)c([2H])c1[2H]. The number of hydrogen-bond donors (Lipinski definition) is 0. The van der Waals surface area contributed by atoms with Crippen molar-refractivity contribution in [1.82, 2.24) is 9.55 Å². The first-order chi connectivity index (χ1) is 36.7. The summed E-state index contributed by atoms with van der Waals surface area (Å²) in [5.74, 6) is 2.03. The summed E-state index contributed by atoms with van der Waals surface area (Å²) >= 11 is 0. The standard InChI is InChI=1S/C63H56N4O/c1-44(2)36-51-39-63(64-41-58(51)49-24-11-6-12-25-49)67-59-34-31-50(47-20-7-4-8-21-47)38-57(59)56-33-32-53(40-62(56)67)68-42-46-19-16-26-52(37-46)66-43-65(60-29-13-14-30-61(60)66)35-17-28-54-45(3)18-15-27-55(54)48-22-9-5-10-23-48/h4-16,18-27,29-34,37-41,44H,17,28,35-36,42-43H2,1-3H3/i3D3,5D,9D,10D,22D,23D. The van der Waals surface area contributed by atoms with Gasteiger partial charge in [0.05, 0.1) is 35.9 Å². The highest BCUT2D eigenvalue weighted by Crippen LogP contribution is 2.42. The minimum Gasteiger partial charge on any atom is -0.489 e. The van der Waals surface area contributed by atoms with E-state index in [0.29, 0.717) is 49.7 Å². The van der Waals surface area contributed by atoms with Gasteiger partial charge < -0.3 is 14.5 Å². The van der Waals surface area contributed by atoms with Crippen LogP contribution in [0.15, 0.2) is 206 Å². The fourth-order valence-electron chi connectivity index (χ4n) is 9.84. The number of benzene rings is 8. The number of hydrogen-bond acceptors (Lipinski definition) is 4. The first-order valence-electron chi connectivity index (χ1n) is 27.4. The van der Waals surface area contributed by atoms with Gasteiger partial charge in [-0.1, -0.05) is 153 Å². The number of nitrogens with zero attached hydrogens (tertiary/aromatic N) is 4. The summed E-state index contributed by atoms with van der Waals surface area (Å²) in [7, 11) is 0. The van der Waals surface area contributed by atoms with E-state index in [-0.39, 0.29) is 23.2 Å². The molecule has 8 aromatic carbocycles. The molecule has 0 aliphatic carbocycles. The molecule has 0 atom stereocenters. The summed E-state index contributed by atoms with van der Waals surface area (Å²) in [6, 6.07) is 55.5. The molecule has 0 unspecified atom stereocenters. The van der Waals surface area contributed by atoms with Gasteiger partial charge in [0.2, 0.25) is 0 Å². The van der Waals surface area contributed by atoms with E-state index >= 15 is 0 Å². The molecule has 2 aromatic heterocycles. The molecule has 3 heterocycles. The van der Waals surface area contributed by atoms with E-state index in [1.54, 1.807) is 18.2 Å². The number of aryl methyl sites for hydroxylation is 1. The van der Waals surface area contributed by atoms with Gasteiger partial charge in [0.15, 0.2) is 0 Å². The summed E-state index contributed by atoms with van der Waals surface area (Å²) in [4.78, 5) is 9.71. The highest BCUT2D eigenvalue weighted by atomic mass is 16.5. The third-order valence-electron chi connectivity index (χ3n) is 13.0. The monoisotopic (exact) mass is 892 g/mol. The van der Waals surface area contributed by atoms with Crippen molar-refractivity contribution in [1.29, 1.82) is 0 Å². The van der Waals surface area contributed by atoms with Crippen molar-refractivity contribution < 1.29 is 15.7 Å². The average Bonchev–Trinajstić information content (AvgIpc) is 4.02. The molecule has 0 amide bonds. The lowest BCUT2D eigenvalue weighted by molar-refractivity contribution is 0.306. The Bertz CT molecular complexity index is 3770. The van der Waals surface area contributed by atoms with Gasteiger partial charge >= 0.3 is 0 Å². The van der Waals surface area contributed by atoms with Gasteiger partial charge in [-0.2, -0.15) is 0 Å². The fourth-order valence-corrected chi connectivity index (χ4v) is 9.84. The molecular formula is C63H56N4O. The van der Waals surface area contributed by atoms with Gasteiger partial charge in [-0.25, -0.2) is 4.98 Å². The molecule has 0 bridgehead atoms. The van der Waals surface area contributed by atoms with E-state index in [2.05, 4.69) is 156 Å². The number of para-hydroxylation sites is 2. The predicted molar refractivity (Wildman–Crippen MR) is 284 cm³/mol. The lowest BCUT2D eigenvalue weighted by atomic mass is 9.93. The van der Waals surface area contributed by atoms with Crippen LogP contribution in [0.25, 0.3) is 61.0 Å². The Labute approximate surface area is 411 Å². The number of fused-ring (bicyclic) bond motifs is 4. The lowest BCUT2D eigenvalue weighted by Crippen LogP contribution is -2.29. The maximum absolute atomic E-state index is 8.70. The molecule has 10 aromatic rings. The maximum atomic E-state index is 8.70. The van der Waals surface area contributed by atoms with Crippen LogP contribution in [0.5, 0.6) is 5.75 Å². The molecule has 1 aliphatic rings. The van der Waals surface area contributed by atoms with Crippen LogP contribution < -0.4 is 14.5 Å². The summed E-state index contributed by atoms with van der Waals surface area (Å²) in [5.41, 5.74) is 12.9. The van der Waals surface area contributed by atoms with Crippen LogP contribution in [-0.2, 0) is 19.4 Å². The molecule has 334 valence electrons. The molecule has 1 aliphatic heterocycles. The van der Waals surface area contributed by atoms with Crippen LogP contribution >= 0.6 is 0 Å². The topological polar surface area (TPSA) is 33.5 Å². The molecule has 68 heavy (non-hydrogen) atoms. The van der Waals surface area contributed by atoms with E-state index in [1.165, 1.54) is 5.56 Å². The number of rotatable bonds is 14. The smallest absolute Gasteiger partial charge is 0.137 e. The lowest BCUT2D eigenvalue weighted by Gasteiger charge is -2.23. The van der Waals surface area contributed by atoms with Crippen LogP contribution in [0.3, 0.4) is 0 Å². The Balaban J connectivity index is 0.869. The van der Waals surface area contributed by atoms with Crippen molar-refractivity contribution >= 4 is 38.9 Å². The molecule has 0 saturated carbocycles. The number of anilines is 3. The summed E-state index contributed by atoms with van der Waals surface area (Å²) in [5, 5.41) is 2.24. The van der Waals surface area contributed by atoms with Crippen molar-refractivity contribution in [2.45, 2.75) is 46.6 Å². The van der Waals surface area contributed by atoms with E-state index in [1.807, 2.05) is 30.5 Å². The largest absolute Gasteiger partial charge is 0.489 e. The zero-order valence-electron chi connectivity index (χ0n) is 46.3. The zero-order chi connectivity index (χ0) is 52.8. The first kappa shape index (κ1) is 34.4. The molecule has 0 spiro atoms. The fraction of sp³-hybridized carbons (Fsp3) is 0.159. The van der Waals surface area contributed by atoms with E-state index < -0.39 is 25.0 Å². The molecule has 0 fully saturated rings. The van der Waals surface area contributed by atoms with Gasteiger partial charge in [0.25, 0.3) is 0 Å². The Morgan fingerprint density at radius 1 is 0.647 bits per heavy atom. The number of aromatic nitrogens is 2. The molecule has 0 saturated heterocycles. The van der Waals surface area contributed by atoms with Gasteiger partial charge in [-0.15, -0.1) is 0 Å². The number of pyridine rings is 1. The van der Waals surface area contributed by atoms with Crippen LogP contribution in [0.4, 0.5) is 17.1 Å². The maximum Gasteiger partial charge on any atom is 0.137 e. The highest BCUT2D eigenvalue weighted by molar-refractivity contribution is 6.10. The quantitative estimate of drug-likeness (QED) is 0.109. The molecule has 5 heteroatoms. The minimum absolute atomic E-state index is 0.00733. The molecule has 5 nitrogen and oxygen atoms in total. The van der Waals surface area contributed by atoms with Crippen molar-refractivity contribution in [2.24, 2.45) is 5.92 Å². The van der Waals surface area contributed by atoms with Crippen molar-refractivity contribution in [3.63, 3.8) is 0 Å². The Kier molecular flexibility index (Phi) is 9.50. The van der Waals surface area contributed by atoms with Crippen LogP contribution in [-0.4, -0.2) is 22.8 Å². The van der Waals surface area contributed by atoms with Crippen LogP contribution in [0, 0.1) is 12.8 Å². The van der Waals surface area contributed by atoms with Crippen molar-refractivity contribution in [2.75, 3.05) is 23.0 Å². The Morgan fingerprint density at radius 2 is 1.43 bits per heavy atom. The summed E-state index contributed by atoms with van der Waals surface area (Å²) in [6.45, 7) is 3.49. The Morgan fingerprint density at radius 3 is 2.24 bits per heavy atom. The Hall–Kier alpha value is -7.89. The van der Waals surface area contributed by atoms with Gasteiger partial charge in [-0.3, -0.25) is 4.57 Å². The van der Waals surface area contributed by atoms with Gasteiger partial charge in [-0.05, 0) is 137 Å². The third-order valence-corrected chi connectivity index (χ3v) is 13.0. The highest BCUT2D eigenvalue weighted by Gasteiger charge is 2.27. The van der Waals surface area contributed by atoms with Crippen LogP contribution in [0.1, 0.15) is 53.5 Å². The van der Waals surface area contributed by atoms with Crippen molar-refractivity contribution in [3.8, 4) is 44.9 Å². The van der Waals surface area contributed by atoms with E-state index in [9.17, 15) is 0 Å². The normalized spacial score (nSPS) is 14.2. The molecule has 0 radical (unpaired) electrons. The predicted octanol–water partition coefficient (Wildman–Crippen LogP) is 15.8. The number of ether oxygens (including phenoxy) is 1. The minimum atomic E-state index is -2.48. The van der Waals surface area contributed by atoms with Crippen molar-refractivity contribution in [3.05, 3.63) is 229 Å². The summed E-state index contributed by atoms with van der Waals surface area (Å²) < 4.78 is 76.4. The second kappa shape index (κ2) is 18.8. The molecule has 0 N–H and O–H groups in total. The second-order valence-corrected chi connectivity index (χ2v) is 18.0. The van der Waals surface area contributed by atoms with Crippen LogP contribution in [0.2, 0.25) is 0 Å². The zero-order valence-corrected chi connectivity index (χ0v) is 38.3. The van der Waals surface area contributed by atoms with Gasteiger partial charge in [0, 0.05) is 44.9 Å². The average molecular weight is 893 g/mol. The first-order valence-corrected chi connectivity index (χ1v) is 23.4. The summed E-state index contributed by atoms with van der Waals surface area (Å²) in [6.07, 6.45) is 3.79. The molecule has 11 rings (SSSR count). The second-order valence-electron chi connectivity index (χ2n) is 18.0. The third kappa shape index (κ3) is 8.52. The molecular weight excluding hydrogens is 829 g/mol. The van der Waals surface area contributed by atoms with E-state index in [0.717, 1.165) is 84.7 Å². The van der Waals surface area contributed by atoms with E-state index in [4.69, 9.17) is 20.7 Å².